The summed E-state index contributed by atoms with van der Waals surface area (Å²) in [5, 5.41) is 0. The zero-order valence-corrected chi connectivity index (χ0v) is 12.7. The Morgan fingerprint density at radius 3 is 2.21 bits per heavy atom. The van der Waals surface area contributed by atoms with Crippen molar-refractivity contribution in [3.63, 3.8) is 0 Å². The van der Waals surface area contributed by atoms with E-state index in [2.05, 4.69) is 11.9 Å². The average Bonchev–Trinajstić information content (AvgIpc) is 2.40. The van der Waals surface area contributed by atoms with Crippen LogP contribution in [0.2, 0.25) is 0 Å². The highest BCUT2D eigenvalue weighted by Gasteiger charge is 2.34. The maximum atomic E-state index is 6.20. The molecule has 0 spiro atoms. The average molecular weight is 268 g/mol. The summed E-state index contributed by atoms with van der Waals surface area (Å²) < 4.78 is 5.47. The van der Waals surface area contributed by atoms with Crippen molar-refractivity contribution < 1.29 is 4.74 Å². The third kappa shape index (κ3) is 4.17. The Bertz CT molecular complexity index is 243. The van der Waals surface area contributed by atoms with Crippen LogP contribution in [-0.4, -0.2) is 43.8 Å². The van der Waals surface area contributed by atoms with Gasteiger partial charge in [0.05, 0.1) is 0 Å². The normalized spacial score (nSPS) is 26.1. The van der Waals surface area contributed by atoms with Crippen LogP contribution < -0.4 is 5.73 Å². The number of hydrogen-bond acceptors (Lipinski definition) is 3. The van der Waals surface area contributed by atoms with Crippen molar-refractivity contribution in [2.45, 2.75) is 63.3 Å². The van der Waals surface area contributed by atoms with Crippen LogP contribution in [0.4, 0.5) is 0 Å². The summed E-state index contributed by atoms with van der Waals surface area (Å²) in [7, 11) is 2.31. The van der Waals surface area contributed by atoms with Crippen LogP contribution in [-0.2, 0) is 4.74 Å². The maximum absolute atomic E-state index is 6.20. The summed E-state index contributed by atoms with van der Waals surface area (Å²) in [5.41, 5.74) is 6.47. The number of nitrogens with zero attached hydrogens (tertiary/aromatic N) is 1. The van der Waals surface area contributed by atoms with Gasteiger partial charge < -0.3 is 10.5 Å². The van der Waals surface area contributed by atoms with Crippen molar-refractivity contribution in [2.75, 3.05) is 33.4 Å². The Morgan fingerprint density at radius 2 is 1.63 bits per heavy atom. The highest BCUT2D eigenvalue weighted by molar-refractivity contribution is 4.92. The zero-order valence-electron chi connectivity index (χ0n) is 12.7. The minimum absolute atomic E-state index is 0.277. The fourth-order valence-corrected chi connectivity index (χ4v) is 3.82. The fourth-order valence-electron chi connectivity index (χ4n) is 3.82. The molecular weight excluding hydrogens is 236 g/mol. The molecule has 3 heteroatoms. The van der Waals surface area contributed by atoms with E-state index in [1.54, 1.807) is 0 Å². The van der Waals surface area contributed by atoms with Gasteiger partial charge in [-0.15, -0.1) is 0 Å². The fraction of sp³-hybridized carbons (Fsp3) is 1.00. The molecule has 0 amide bonds. The maximum Gasteiger partial charge on any atom is 0.0469 e. The quantitative estimate of drug-likeness (QED) is 0.852. The van der Waals surface area contributed by atoms with Crippen molar-refractivity contribution >= 4 is 0 Å². The van der Waals surface area contributed by atoms with Crippen molar-refractivity contribution in [3.05, 3.63) is 0 Å². The van der Waals surface area contributed by atoms with Crippen molar-refractivity contribution in [1.29, 1.82) is 0 Å². The van der Waals surface area contributed by atoms with E-state index in [1.807, 2.05) is 0 Å². The Morgan fingerprint density at radius 1 is 1.05 bits per heavy atom. The third-order valence-corrected chi connectivity index (χ3v) is 5.35. The molecule has 2 fully saturated rings. The summed E-state index contributed by atoms with van der Waals surface area (Å²) in [6.07, 6.45) is 12.0. The van der Waals surface area contributed by atoms with Gasteiger partial charge in [0, 0.05) is 31.8 Å². The van der Waals surface area contributed by atoms with Crippen LogP contribution >= 0.6 is 0 Å². The van der Waals surface area contributed by atoms with E-state index in [9.17, 15) is 0 Å². The summed E-state index contributed by atoms with van der Waals surface area (Å²) in [6, 6.07) is 0. The molecular formula is C16H32N2O. The largest absolute Gasteiger partial charge is 0.381 e. The zero-order chi connectivity index (χ0) is 13.6. The second kappa shape index (κ2) is 7.61. The van der Waals surface area contributed by atoms with Crippen LogP contribution in [0.1, 0.15) is 57.8 Å². The van der Waals surface area contributed by atoms with Crippen LogP contribution in [0, 0.1) is 5.92 Å². The van der Waals surface area contributed by atoms with E-state index < -0.39 is 0 Å². The van der Waals surface area contributed by atoms with Gasteiger partial charge in [-0.1, -0.05) is 32.1 Å². The Hall–Kier alpha value is -0.120. The van der Waals surface area contributed by atoms with E-state index in [1.165, 1.54) is 64.3 Å². The molecule has 1 heterocycles. The van der Waals surface area contributed by atoms with E-state index >= 15 is 0 Å². The second-order valence-electron chi connectivity index (χ2n) is 6.63. The van der Waals surface area contributed by atoms with Crippen molar-refractivity contribution in [2.24, 2.45) is 11.7 Å². The molecule has 112 valence electrons. The van der Waals surface area contributed by atoms with E-state index in [0.29, 0.717) is 0 Å². The second-order valence-corrected chi connectivity index (χ2v) is 6.63. The monoisotopic (exact) mass is 268 g/mol. The molecule has 0 radical (unpaired) electrons. The van der Waals surface area contributed by atoms with Gasteiger partial charge in [-0.05, 0) is 38.6 Å². The number of rotatable bonds is 4. The lowest BCUT2D eigenvalue weighted by Gasteiger charge is -2.44. The molecule has 1 aliphatic heterocycles. The molecule has 19 heavy (non-hydrogen) atoms. The number of likely N-dealkylation sites (N-methyl/N-ethyl adjacent to an activating group) is 1. The smallest absolute Gasteiger partial charge is 0.0469 e. The summed E-state index contributed by atoms with van der Waals surface area (Å²) >= 11 is 0. The third-order valence-electron chi connectivity index (χ3n) is 5.35. The van der Waals surface area contributed by atoms with Gasteiger partial charge >= 0.3 is 0 Å². The van der Waals surface area contributed by atoms with Crippen LogP contribution in [0.25, 0.3) is 0 Å². The number of nitrogens with two attached hydrogens (primary N) is 1. The lowest BCUT2D eigenvalue weighted by atomic mass is 9.82. The summed E-state index contributed by atoms with van der Waals surface area (Å²) in [4.78, 5) is 2.61. The summed E-state index contributed by atoms with van der Waals surface area (Å²) in [5.74, 6) is 0.813. The first-order chi connectivity index (χ1) is 9.27. The first-order valence-corrected chi connectivity index (χ1v) is 8.26. The SMILES string of the molecule is CN(CC1CCOCC1)C1(CN)CCCCCCC1. The molecule has 2 aliphatic rings. The molecule has 0 aromatic heterocycles. The van der Waals surface area contributed by atoms with Gasteiger partial charge in [-0.2, -0.15) is 0 Å². The molecule has 1 aliphatic carbocycles. The van der Waals surface area contributed by atoms with Crippen molar-refractivity contribution in [3.8, 4) is 0 Å². The van der Waals surface area contributed by atoms with Gasteiger partial charge in [0.15, 0.2) is 0 Å². The van der Waals surface area contributed by atoms with E-state index in [-0.39, 0.29) is 5.54 Å². The minimum Gasteiger partial charge on any atom is -0.381 e. The predicted octanol–water partition coefficient (Wildman–Crippen LogP) is 2.79. The Balaban J connectivity index is 1.92. The molecule has 1 saturated heterocycles. The molecule has 0 aromatic carbocycles. The topological polar surface area (TPSA) is 38.5 Å². The van der Waals surface area contributed by atoms with Gasteiger partial charge in [0.1, 0.15) is 0 Å². The van der Waals surface area contributed by atoms with Gasteiger partial charge in [-0.3, -0.25) is 4.90 Å². The minimum atomic E-state index is 0.277. The molecule has 0 aromatic rings. The van der Waals surface area contributed by atoms with Gasteiger partial charge in [-0.25, -0.2) is 0 Å². The molecule has 1 saturated carbocycles. The van der Waals surface area contributed by atoms with Gasteiger partial charge in [0.25, 0.3) is 0 Å². The highest BCUT2D eigenvalue weighted by atomic mass is 16.5. The van der Waals surface area contributed by atoms with Crippen LogP contribution in [0.3, 0.4) is 0 Å². The molecule has 2 N–H and O–H groups in total. The molecule has 0 unspecified atom stereocenters. The van der Waals surface area contributed by atoms with Gasteiger partial charge in [0.2, 0.25) is 0 Å². The molecule has 0 atom stereocenters. The van der Waals surface area contributed by atoms with E-state index in [0.717, 1.165) is 25.7 Å². The summed E-state index contributed by atoms with van der Waals surface area (Å²) in [6.45, 7) is 3.94. The molecule has 2 rings (SSSR count). The lowest BCUT2D eigenvalue weighted by molar-refractivity contribution is 0.0261. The van der Waals surface area contributed by atoms with E-state index in [4.69, 9.17) is 10.5 Å². The number of hydrogen-bond donors (Lipinski definition) is 1. The van der Waals surface area contributed by atoms with Crippen LogP contribution in [0.5, 0.6) is 0 Å². The highest BCUT2D eigenvalue weighted by Crippen LogP contribution is 2.31. The Kier molecular flexibility index (Phi) is 6.11. The first kappa shape index (κ1) is 15.3. The number of ether oxygens (including phenoxy) is 1. The molecule has 3 nitrogen and oxygen atoms in total. The standard InChI is InChI=1S/C16H32N2O/c1-18(13-15-7-11-19-12-8-15)16(14-17)9-5-3-2-4-6-10-16/h15H,2-14,17H2,1H3. The first-order valence-electron chi connectivity index (χ1n) is 8.26. The lowest BCUT2D eigenvalue weighted by Crippen LogP contribution is -2.54. The van der Waals surface area contributed by atoms with Crippen molar-refractivity contribution in [1.82, 2.24) is 4.90 Å². The van der Waals surface area contributed by atoms with Crippen LogP contribution in [0.15, 0.2) is 0 Å². The molecule has 0 bridgehead atoms. The predicted molar refractivity (Wildman–Crippen MR) is 80.3 cm³/mol. The Labute approximate surface area is 118 Å².